The van der Waals surface area contributed by atoms with E-state index in [-0.39, 0.29) is 0 Å². The minimum absolute atomic E-state index is 0.470. The Kier molecular flexibility index (Phi) is 3.92. The highest BCUT2D eigenvalue weighted by Gasteiger charge is 2.35. The summed E-state index contributed by atoms with van der Waals surface area (Å²) in [6, 6.07) is 2.37. The maximum Gasteiger partial charge on any atom is 0.0612 e. The Labute approximate surface area is 111 Å². The molecule has 3 unspecified atom stereocenters. The van der Waals surface area contributed by atoms with Gasteiger partial charge in [-0.2, -0.15) is 0 Å². The molecule has 0 radical (unpaired) electrons. The van der Waals surface area contributed by atoms with Crippen LogP contribution in [0.1, 0.15) is 46.0 Å². The summed E-state index contributed by atoms with van der Waals surface area (Å²) >= 11 is 0. The largest absolute Gasteiger partial charge is 0.378 e. The lowest BCUT2D eigenvalue weighted by Crippen LogP contribution is -2.46. The lowest BCUT2D eigenvalue weighted by molar-refractivity contribution is -0.0257. The van der Waals surface area contributed by atoms with Gasteiger partial charge in [0.15, 0.2) is 0 Å². The lowest BCUT2D eigenvalue weighted by atomic mass is 9.95. The highest BCUT2D eigenvalue weighted by molar-refractivity contribution is 4.93. The molecule has 2 saturated heterocycles. The molecule has 2 heterocycles. The van der Waals surface area contributed by atoms with Gasteiger partial charge in [0.1, 0.15) is 0 Å². The molecule has 1 N–H and O–H groups in total. The Bertz CT molecular complexity index is 278. The van der Waals surface area contributed by atoms with Crippen LogP contribution in [0.25, 0.3) is 0 Å². The SMILES string of the molecule is CC(C)C1CC(NC2CCN(C3CC3)C2)CCO1. The van der Waals surface area contributed by atoms with Gasteiger partial charge in [-0.25, -0.2) is 0 Å². The van der Waals surface area contributed by atoms with Crippen LogP contribution in [-0.2, 0) is 4.74 Å². The van der Waals surface area contributed by atoms with Gasteiger partial charge in [-0.15, -0.1) is 0 Å². The van der Waals surface area contributed by atoms with Crippen molar-refractivity contribution >= 4 is 0 Å². The highest BCUT2D eigenvalue weighted by Crippen LogP contribution is 2.30. The van der Waals surface area contributed by atoms with Crippen LogP contribution >= 0.6 is 0 Å². The number of hydrogen-bond donors (Lipinski definition) is 1. The van der Waals surface area contributed by atoms with E-state index in [4.69, 9.17) is 4.74 Å². The van der Waals surface area contributed by atoms with Crippen LogP contribution in [-0.4, -0.2) is 48.8 Å². The molecule has 3 nitrogen and oxygen atoms in total. The summed E-state index contributed by atoms with van der Waals surface area (Å²) in [5, 5.41) is 3.89. The van der Waals surface area contributed by atoms with Crippen molar-refractivity contribution < 1.29 is 4.74 Å². The zero-order chi connectivity index (χ0) is 12.5. The van der Waals surface area contributed by atoms with Crippen molar-refractivity contribution in [2.75, 3.05) is 19.7 Å². The first-order valence-corrected chi connectivity index (χ1v) is 7.84. The first-order chi connectivity index (χ1) is 8.72. The minimum atomic E-state index is 0.470. The second-order valence-corrected chi connectivity index (χ2v) is 6.75. The second kappa shape index (κ2) is 5.48. The van der Waals surface area contributed by atoms with Gasteiger partial charge in [0.25, 0.3) is 0 Å². The van der Waals surface area contributed by atoms with E-state index in [0.29, 0.717) is 18.1 Å². The van der Waals surface area contributed by atoms with Crippen LogP contribution in [0.4, 0.5) is 0 Å². The highest BCUT2D eigenvalue weighted by atomic mass is 16.5. The zero-order valence-electron chi connectivity index (χ0n) is 11.9. The molecule has 3 aliphatic rings. The van der Waals surface area contributed by atoms with Crippen LogP contribution in [0.2, 0.25) is 0 Å². The van der Waals surface area contributed by atoms with Gasteiger partial charge in [0.2, 0.25) is 0 Å². The van der Waals surface area contributed by atoms with E-state index in [9.17, 15) is 0 Å². The molecule has 0 aromatic carbocycles. The summed E-state index contributed by atoms with van der Waals surface area (Å²) in [7, 11) is 0. The van der Waals surface area contributed by atoms with E-state index in [1.165, 1.54) is 45.2 Å². The fourth-order valence-corrected chi connectivity index (χ4v) is 3.47. The summed E-state index contributed by atoms with van der Waals surface area (Å²) in [5.74, 6) is 0.654. The Morgan fingerprint density at radius 2 is 1.94 bits per heavy atom. The van der Waals surface area contributed by atoms with Gasteiger partial charge in [-0.1, -0.05) is 13.8 Å². The fraction of sp³-hybridized carbons (Fsp3) is 1.00. The Hall–Kier alpha value is -0.120. The number of nitrogens with zero attached hydrogens (tertiary/aromatic N) is 1. The molecule has 0 spiro atoms. The summed E-state index contributed by atoms with van der Waals surface area (Å²) in [5.41, 5.74) is 0. The fourth-order valence-electron chi connectivity index (χ4n) is 3.47. The Balaban J connectivity index is 1.44. The van der Waals surface area contributed by atoms with Gasteiger partial charge >= 0.3 is 0 Å². The standard InChI is InChI=1S/C15H28N2O/c1-11(2)15-9-12(6-8-18-15)16-13-5-7-17(10-13)14-3-4-14/h11-16H,3-10H2,1-2H3. The third-order valence-corrected chi connectivity index (χ3v) is 4.81. The average Bonchev–Trinajstić information content (AvgIpc) is 3.11. The molecule has 3 atom stereocenters. The number of nitrogens with one attached hydrogen (secondary N) is 1. The van der Waals surface area contributed by atoms with Gasteiger partial charge in [-0.05, 0) is 38.0 Å². The predicted molar refractivity (Wildman–Crippen MR) is 73.7 cm³/mol. The molecule has 3 heteroatoms. The molecule has 3 rings (SSSR count). The van der Waals surface area contributed by atoms with Gasteiger partial charge in [-0.3, -0.25) is 4.90 Å². The summed E-state index contributed by atoms with van der Waals surface area (Å²) in [6.45, 7) is 8.10. The van der Waals surface area contributed by atoms with Crippen molar-refractivity contribution in [3.63, 3.8) is 0 Å². The molecular formula is C15H28N2O. The second-order valence-electron chi connectivity index (χ2n) is 6.75. The molecule has 0 aromatic rings. The van der Waals surface area contributed by atoms with E-state index < -0.39 is 0 Å². The minimum Gasteiger partial charge on any atom is -0.378 e. The van der Waals surface area contributed by atoms with Crippen molar-refractivity contribution in [3.8, 4) is 0 Å². The molecule has 18 heavy (non-hydrogen) atoms. The van der Waals surface area contributed by atoms with Crippen molar-refractivity contribution in [2.45, 2.75) is 70.2 Å². The van der Waals surface area contributed by atoms with E-state index in [1.807, 2.05) is 0 Å². The van der Waals surface area contributed by atoms with Crippen LogP contribution in [0.3, 0.4) is 0 Å². The Morgan fingerprint density at radius 1 is 1.11 bits per heavy atom. The molecule has 0 amide bonds. The monoisotopic (exact) mass is 252 g/mol. The Morgan fingerprint density at radius 3 is 2.67 bits per heavy atom. The van der Waals surface area contributed by atoms with Crippen molar-refractivity contribution in [1.29, 1.82) is 0 Å². The maximum atomic E-state index is 5.85. The van der Waals surface area contributed by atoms with Crippen LogP contribution in [0.15, 0.2) is 0 Å². The lowest BCUT2D eigenvalue weighted by Gasteiger charge is -2.34. The normalized spacial score (nSPS) is 38.5. The first kappa shape index (κ1) is 12.9. The van der Waals surface area contributed by atoms with E-state index >= 15 is 0 Å². The van der Waals surface area contributed by atoms with Crippen LogP contribution < -0.4 is 5.32 Å². The third kappa shape index (κ3) is 3.06. The molecule has 1 aliphatic carbocycles. The quantitative estimate of drug-likeness (QED) is 0.828. The van der Waals surface area contributed by atoms with Crippen molar-refractivity contribution in [3.05, 3.63) is 0 Å². The van der Waals surface area contributed by atoms with E-state index in [0.717, 1.165) is 18.7 Å². The summed E-state index contributed by atoms with van der Waals surface area (Å²) in [4.78, 5) is 2.69. The molecular weight excluding hydrogens is 224 g/mol. The van der Waals surface area contributed by atoms with Crippen molar-refractivity contribution in [2.24, 2.45) is 5.92 Å². The van der Waals surface area contributed by atoms with Gasteiger partial charge < -0.3 is 10.1 Å². The van der Waals surface area contributed by atoms with E-state index in [1.54, 1.807) is 0 Å². The smallest absolute Gasteiger partial charge is 0.0612 e. The van der Waals surface area contributed by atoms with Crippen LogP contribution in [0.5, 0.6) is 0 Å². The topological polar surface area (TPSA) is 24.5 Å². The number of rotatable bonds is 4. The summed E-state index contributed by atoms with van der Waals surface area (Å²) in [6.07, 6.45) is 7.11. The van der Waals surface area contributed by atoms with Gasteiger partial charge in [0.05, 0.1) is 6.10 Å². The van der Waals surface area contributed by atoms with Crippen LogP contribution in [0, 0.1) is 5.92 Å². The molecule has 1 saturated carbocycles. The number of likely N-dealkylation sites (tertiary alicyclic amines) is 1. The summed E-state index contributed by atoms with van der Waals surface area (Å²) < 4.78 is 5.85. The molecule has 2 aliphatic heterocycles. The number of hydrogen-bond acceptors (Lipinski definition) is 3. The molecule has 0 aromatic heterocycles. The van der Waals surface area contributed by atoms with Crippen molar-refractivity contribution in [1.82, 2.24) is 10.2 Å². The van der Waals surface area contributed by atoms with E-state index in [2.05, 4.69) is 24.1 Å². The predicted octanol–water partition coefficient (Wildman–Crippen LogP) is 2.02. The third-order valence-electron chi connectivity index (χ3n) is 4.81. The molecule has 0 bridgehead atoms. The maximum absolute atomic E-state index is 5.85. The zero-order valence-corrected chi connectivity index (χ0v) is 11.9. The van der Waals surface area contributed by atoms with Gasteiger partial charge in [0, 0.05) is 37.8 Å². The first-order valence-electron chi connectivity index (χ1n) is 7.84. The molecule has 104 valence electrons. The number of ether oxygens (including phenoxy) is 1. The molecule has 3 fully saturated rings. The average molecular weight is 252 g/mol.